The number of rotatable bonds is 4. The Hall–Kier alpha value is 0.240. The van der Waals surface area contributed by atoms with E-state index in [0.717, 1.165) is 19.3 Å². The number of carbonyl (C=O) groups is 1. The summed E-state index contributed by atoms with van der Waals surface area (Å²) in [6.07, 6.45) is 3.78. The van der Waals surface area contributed by atoms with Gasteiger partial charge in [-0.15, -0.1) is 0 Å². The molecule has 0 aromatic carbocycles. The van der Waals surface area contributed by atoms with E-state index < -0.39 is 33.9 Å². The van der Waals surface area contributed by atoms with E-state index >= 15 is 0 Å². The van der Waals surface area contributed by atoms with Gasteiger partial charge in [0.05, 0.1) is 5.92 Å². The fourth-order valence-corrected chi connectivity index (χ4v) is 1.89. The van der Waals surface area contributed by atoms with Crippen molar-refractivity contribution in [1.29, 1.82) is 0 Å². The summed E-state index contributed by atoms with van der Waals surface area (Å²) in [6.45, 7) is -1.64. The van der Waals surface area contributed by atoms with Gasteiger partial charge in [-0.2, -0.15) is 17.2 Å². The van der Waals surface area contributed by atoms with Crippen molar-refractivity contribution < 1.29 is 31.3 Å². The second-order valence-electron chi connectivity index (χ2n) is 4.06. The Morgan fingerprint density at radius 1 is 1.28 bits per heavy atom. The van der Waals surface area contributed by atoms with Gasteiger partial charge in [0.2, 0.25) is 0 Å². The summed E-state index contributed by atoms with van der Waals surface area (Å²) in [6, 6.07) is 0. The van der Waals surface area contributed by atoms with Gasteiger partial charge in [-0.05, 0) is 12.8 Å². The molecule has 5 nitrogen and oxygen atoms in total. The average molecular weight is 296 g/mol. The van der Waals surface area contributed by atoms with Crippen LogP contribution in [0.15, 0.2) is 0 Å². The molecule has 0 amide bonds. The monoisotopic (exact) mass is 296 g/mol. The molecule has 0 bridgehead atoms. The van der Waals surface area contributed by atoms with Crippen molar-refractivity contribution in [3.05, 3.63) is 0 Å². The molecule has 1 aliphatic carbocycles. The van der Waals surface area contributed by atoms with Gasteiger partial charge in [0.25, 0.3) is 0 Å². The molecule has 0 heterocycles. The maximum absolute atomic E-state index is 12.7. The zero-order chi connectivity index (χ0) is 13.1. The zero-order valence-corrected chi connectivity index (χ0v) is 9.88. The van der Waals surface area contributed by atoms with Crippen LogP contribution >= 0.6 is 0 Å². The number of hydrogen-bond donors (Lipinski definition) is 1. The van der Waals surface area contributed by atoms with Gasteiger partial charge in [0, 0.05) is 0 Å². The minimum absolute atomic E-state index is 0. The van der Waals surface area contributed by atoms with Gasteiger partial charge in [0.15, 0.2) is 6.61 Å². The molecule has 0 spiro atoms. The van der Waals surface area contributed by atoms with E-state index in [9.17, 15) is 22.0 Å². The molecule has 1 N–H and O–H groups in total. The number of esters is 1. The summed E-state index contributed by atoms with van der Waals surface area (Å²) in [7, 11) is -5.54. The molecule has 0 saturated heterocycles. The molecule has 0 unspecified atom stereocenters. The van der Waals surface area contributed by atoms with Gasteiger partial charge in [-0.1, -0.05) is 19.3 Å². The molecular weight excluding hydrogens is 281 g/mol. The van der Waals surface area contributed by atoms with Gasteiger partial charge in [0.1, 0.15) is 0 Å². The van der Waals surface area contributed by atoms with Crippen LogP contribution in [0.3, 0.4) is 0 Å². The number of alkyl halides is 2. The van der Waals surface area contributed by atoms with E-state index in [1.54, 1.807) is 0 Å². The molecular formula is C9H15F2NaO5S. The summed E-state index contributed by atoms with van der Waals surface area (Å²) in [4.78, 5) is 11.3. The van der Waals surface area contributed by atoms with Crippen LogP contribution in [-0.2, 0) is 19.6 Å². The van der Waals surface area contributed by atoms with Crippen molar-refractivity contribution in [3.8, 4) is 0 Å². The number of ether oxygens (including phenoxy) is 1. The Morgan fingerprint density at radius 3 is 2.22 bits per heavy atom. The van der Waals surface area contributed by atoms with E-state index in [0.29, 0.717) is 12.8 Å². The summed E-state index contributed by atoms with van der Waals surface area (Å²) >= 11 is 0. The van der Waals surface area contributed by atoms with Crippen LogP contribution in [0.25, 0.3) is 0 Å². The summed E-state index contributed by atoms with van der Waals surface area (Å²) in [5.74, 6) is -1.27. The van der Waals surface area contributed by atoms with Crippen LogP contribution in [0.4, 0.5) is 8.78 Å². The molecule has 0 radical (unpaired) electrons. The van der Waals surface area contributed by atoms with Gasteiger partial charge in [-0.25, -0.2) is 0 Å². The van der Waals surface area contributed by atoms with E-state index in [1.807, 2.05) is 0 Å². The summed E-state index contributed by atoms with van der Waals surface area (Å²) < 4.78 is 58.4. The van der Waals surface area contributed by atoms with E-state index in [-0.39, 0.29) is 29.6 Å². The van der Waals surface area contributed by atoms with Crippen molar-refractivity contribution in [3.63, 3.8) is 0 Å². The van der Waals surface area contributed by atoms with Crippen LogP contribution < -0.4 is 0 Å². The van der Waals surface area contributed by atoms with Crippen molar-refractivity contribution in [2.24, 2.45) is 5.92 Å². The molecule has 1 aliphatic rings. The molecule has 0 aromatic heterocycles. The third kappa shape index (κ3) is 5.08. The van der Waals surface area contributed by atoms with Crippen LogP contribution in [0.2, 0.25) is 0 Å². The van der Waals surface area contributed by atoms with Gasteiger partial charge < -0.3 is 4.74 Å². The third-order valence-electron chi connectivity index (χ3n) is 2.70. The quantitative estimate of drug-likeness (QED) is 0.474. The normalized spacial score (nSPS) is 17.9. The molecule has 0 atom stereocenters. The Bertz CT molecular complexity index is 378. The summed E-state index contributed by atoms with van der Waals surface area (Å²) in [5.41, 5.74) is 0. The van der Waals surface area contributed by atoms with Crippen molar-refractivity contribution >= 4 is 45.6 Å². The van der Waals surface area contributed by atoms with Crippen LogP contribution in [0.1, 0.15) is 32.1 Å². The topological polar surface area (TPSA) is 80.7 Å². The van der Waals surface area contributed by atoms with Crippen LogP contribution in [-0.4, -0.2) is 60.4 Å². The third-order valence-corrected chi connectivity index (χ3v) is 3.57. The number of hydrogen-bond acceptors (Lipinski definition) is 4. The minimum atomic E-state index is -5.54. The second kappa shape index (κ2) is 7.14. The van der Waals surface area contributed by atoms with E-state index in [1.165, 1.54) is 0 Å². The van der Waals surface area contributed by atoms with Gasteiger partial charge >= 0.3 is 50.9 Å². The SMILES string of the molecule is O=C(OCC(F)(F)S(=O)(=O)O)C1CCCCC1.[NaH]. The first-order valence-electron chi connectivity index (χ1n) is 5.25. The van der Waals surface area contributed by atoms with Crippen molar-refractivity contribution in [1.82, 2.24) is 0 Å². The Labute approximate surface area is 126 Å². The molecule has 9 heteroatoms. The average Bonchev–Trinajstić information content (AvgIpc) is 2.25. The molecule has 1 rings (SSSR count). The van der Waals surface area contributed by atoms with Crippen molar-refractivity contribution in [2.75, 3.05) is 6.61 Å². The van der Waals surface area contributed by atoms with Gasteiger partial charge in [-0.3, -0.25) is 9.35 Å². The number of carbonyl (C=O) groups excluding carboxylic acids is 1. The van der Waals surface area contributed by atoms with Crippen LogP contribution in [0, 0.1) is 5.92 Å². The fraction of sp³-hybridized carbons (Fsp3) is 0.889. The zero-order valence-electron chi connectivity index (χ0n) is 9.06. The first-order valence-corrected chi connectivity index (χ1v) is 6.69. The molecule has 0 aliphatic heterocycles. The molecule has 1 fully saturated rings. The maximum atomic E-state index is 12.7. The molecule has 102 valence electrons. The molecule has 18 heavy (non-hydrogen) atoms. The standard InChI is InChI=1S/C9H14F2O5S.Na.H/c10-9(11,17(13,14)15)6-16-8(12)7-4-2-1-3-5-7;;/h7H,1-6H2,(H,13,14,15);;. The molecule has 0 aromatic rings. The summed E-state index contributed by atoms with van der Waals surface area (Å²) in [5, 5.41) is -4.45. The fourth-order valence-electron chi connectivity index (χ4n) is 1.69. The first kappa shape index (κ1) is 18.2. The Morgan fingerprint density at radius 2 is 1.78 bits per heavy atom. The Balaban J connectivity index is 0.00000289. The molecule has 1 saturated carbocycles. The Kier molecular flexibility index (Phi) is 7.23. The predicted octanol–water partition coefficient (Wildman–Crippen LogP) is 0.942. The van der Waals surface area contributed by atoms with E-state index in [2.05, 4.69) is 4.74 Å². The second-order valence-corrected chi connectivity index (χ2v) is 5.60. The predicted molar refractivity (Wildman–Crippen MR) is 61.2 cm³/mol. The number of halogens is 2. The van der Waals surface area contributed by atoms with Crippen LogP contribution in [0.5, 0.6) is 0 Å². The van der Waals surface area contributed by atoms with Crippen molar-refractivity contribution in [2.45, 2.75) is 37.4 Å². The van der Waals surface area contributed by atoms with E-state index in [4.69, 9.17) is 4.55 Å². The first-order chi connectivity index (χ1) is 7.74.